The van der Waals surface area contributed by atoms with Gasteiger partial charge in [-0.25, -0.2) is 0 Å². The lowest BCUT2D eigenvalue weighted by Crippen LogP contribution is -3.00. The number of hydrogen-bond donors (Lipinski definition) is 2. The topological polar surface area (TPSA) is 76.8 Å². The average Bonchev–Trinajstić information content (AvgIpc) is 2.05. The van der Waals surface area contributed by atoms with E-state index in [1.807, 2.05) is 0 Å². The summed E-state index contributed by atoms with van der Waals surface area (Å²) in [5.41, 5.74) is 0. The summed E-state index contributed by atoms with van der Waals surface area (Å²) < 4.78 is 23.1. The summed E-state index contributed by atoms with van der Waals surface area (Å²) in [7, 11) is -3.38. The molecule has 4 N–H and O–H groups in total. The van der Waals surface area contributed by atoms with Crippen LogP contribution < -0.4 is 23.1 Å². The second kappa shape index (κ2) is 4.92. The summed E-state index contributed by atoms with van der Waals surface area (Å²) in [5, 5.41) is 0. The molecule has 0 spiro atoms. The molecule has 1 rings (SSSR count). The Hall–Kier alpha value is -0.140. The van der Waals surface area contributed by atoms with Gasteiger partial charge in [-0.1, -0.05) is 15.9 Å². The van der Waals surface area contributed by atoms with Crippen molar-refractivity contribution in [1.82, 2.24) is 0 Å². The second-order valence-electron chi connectivity index (χ2n) is 2.14. The Morgan fingerprint density at radius 1 is 1.23 bits per heavy atom. The molecule has 0 amide bonds. The summed E-state index contributed by atoms with van der Waals surface area (Å²) in [6.45, 7) is 0. The fourth-order valence-electron chi connectivity index (χ4n) is 0.703. The molecule has 0 saturated carbocycles. The summed E-state index contributed by atoms with van der Waals surface area (Å²) in [6.07, 6.45) is 0. The Kier molecular flexibility index (Phi) is 4.87. The van der Waals surface area contributed by atoms with E-state index in [0.717, 1.165) is 4.47 Å². The van der Waals surface area contributed by atoms with Gasteiger partial charge in [0, 0.05) is 4.47 Å². The smallest absolute Gasteiger partial charge is 0.341 e. The number of halogens is 2. The zero-order chi connectivity index (χ0) is 9.19. The molecule has 13 heavy (non-hydrogen) atoms. The lowest BCUT2D eigenvalue weighted by Gasteiger charge is -1.97. The summed E-state index contributed by atoms with van der Waals surface area (Å²) >= 11 is 3.20. The van der Waals surface area contributed by atoms with E-state index in [-0.39, 0.29) is 17.3 Å². The first-order chi connectivity index (χ1) is 5.56. The third-order valence-electron chi connectivity index (χ3n) is 1.32. The molecule has 0 radical (unpaired) electrons. The number of quaternary nitrogens is 1. The van der Waals surface area contributed by atoms with E-state index in [2.05, 4.69) is 15.9 Å². The highest BCUT2D eigenvalue weighted by molar-refractivity contribution is 9.10. The van der Waals surface area contributed by atoms with Crippen molar-refractivity contribution < 1.29 is 25.7 Å². The van der Waals surface area contributed by atoms with Gasteiger partial charge in [0.15, 0.2) is 0 Å². The standard InChI is InChI=1S/C6H7BrN2O2S.ClH/c7-5-1-3-6(4-2-5)12(10,11)9-8;/h1-4,9H,8H2;1H. The quantitative estimate of drug-likeness (QED) is 0.439. The van der Waals surface area contributed by atoms with Crippen LogP contribution in [-0.4, -0.2) is 8.42 Å². The molecular weight excluding hydrogens is 280 g/mol. The summed E-state index contributed by atoms with van der Waals surface area (Å²) in [4.78, 5) is 0.893. The van der Waals surface area contributed by atoms with Gasteiger partial charge >= 0.3 is 10.0 Å². The molecule has 0 fully saturated rings. The summed E-state index contributed by atoms with van der Waals surface area (Å²) in [6, 6.07) is 6.28. The van der Waals surface area contributed by atoms with Crippen LogP contribution in [0, 0.1) is 0 Å². The first-order valence-corrected chi connectivity index (χ1v) is 5.46. The van der Waals surface area contributed by atoms with Crippen LogP contribution in [0.15, 0.2) is 33.6 Å². The fourth-order valence-corrected chi connectivity index (χ4v) is 1.64. The van der Waals surface area contributed by atoms with Crippen LogP contribution in [-0.2, 0) is 10.0 Å². The van der Waals surface area contributed by atoms with E-state index >= 15 is 0 Å². The van der Waals surface area contributed by atoms with Crippen LogP contribution in [0.1, 0.15) is 0 Å². The van der Waals surface area contributed by atoms with Crippen molar-refractivity contribution in [3.05, 3.63) is 28.7 Å². The largest absolute Gasteiger partial charge is 1.00 e. The van der Waals surface area contributed by atoms with Crippen molar-refractivity contribution in [3.63, 3.8) is 0 Å². The third kappa shape index (κ3) is 3.24. The molecule has 74 valence electrons. The summed E-state index contributed by atoms with van der Waals surface area (Å²) in [5.74, 6) is 4.95. The minimum Gasteiger partial charge on any atom is -1.00 e. The van der Waals surface area contributed by atoms with Crippen molar-refractivity contribution in [2.45, 2.75) is 4.90 Å². The zero-order valence-electron chi connectivity index (χ0n) is 6.44. The van der Waals surface area contributed by atoms with Gasteiger partial charge in [0.05, 0.1) is 0 Å². The molecular formula is C6H8BrClN2O2S. The zero-order valence-corrected chi connectivity index (χ0v) is 9.60. The minimum atomic E-state index is -3.38. The first kappa shape index (κ1) is 12.9. The van der Waals surface area contributed by atoms with Crippen LogP contribution in [0.3, 0.4) is 0 Å². The molecule has 0 atom stereocenters. The number of primary sulfonamides is 1. The number of rotatable bonds is 2. The Balaban J connectivity index is 0.00000144. The molecule has 0 saturated heterocycles. The van der Waals surface area contributed by atoms with E-state index in [1.165, 1.54) is 12.1 Å². The number of nitrogens with two attached hydrogens (primary N) is 2. The SMILES string of the molecule is N[NH2+]S(=O)(=O)c1ccc(Br)cc1.[Cl-]. The van der Waals surface area contributed by atoms with E-state index < -0.39 is 10.0 Å². The monoisotopic (exact) mass is 286 g/mol. The Morgan fingerprint density at radius 2 is 1.69 bits per heavy atom. The highest BCUT2D eigenvalue weighted by Crippen LogP contribution is 2.12. The van der Waals surface area contributed by atoms with Crippen molar-refractivity contribution >= 4 is 26.0 Å². The molecule has 7 heteroatoms. The molecule has 4 nitrogen and oxygen atoms in total. The van der Waals surface area contributed by atoms with Crippen molar-refractivity contribution in [2.75, 3.05) is 0 Å². The normalized spacial score (nSPS) is 10.6. The van der Waals surface area contributed by atoms with Gasteiger partial charge in [0.25, 0.3) is 0 Å². The predicted molar refractivity (Wildman–Crippen MR) is 47.4 cm³/mol. The second-order valence-corrected chi connectivity index (χ2v) is 4.88. The molecule has 0 aromatic heterocycles. The molecule has 0 aliphatic carbocycles. The van der Waals surface area contributed by atoms with Gasteiger partial charge in [0.1, 0.15) is 4.90 Å². The van der Waals surface area contributed by atoms with Gasteiger partial charge in [-0.3, -0.25) is 0 Å². The van der Waals surface area contributed by atoms with E-state index in [1.54, 1.807) is 12.1 Å². The van der Waals surface area contributed by atoms with Crippen molar-refractivity contribution in [3.8, 4) is 0 Å². The van der Waals surface area contributed by atoms with E-state index in [0.29, 0.717) is 4.83 Å². The lowest BCUT2D eigenvalue weighted by atomic mass is 10.4. The van der Waals surface area contributed by atoms with Crippen LogP contribution >= 0.6 is 15.9 Å². The lowest BCUT2D eigenvalue weighted by molar-refractivity contribution is -0.509. The predicted octanol–water partition coefficient (Wildman–Crippen LogP) is -3.42. The molecule has 0 unspecified atom stereocenters. The van der Waals surface area contributed by atoms with Crippen LogP contribution in [0.4, 0.5) is 0 Å². The maximum atomic E-state index is 11.1. The highest BCUT2D eigenvalue weighted by Gasteiger charge is 2.14. The minimum absolute atomic E-state index is 0. The van der Waals surface area contributed by atoms with Gasteiger partial charge in [0.2, 0.25) is 0 Å². The van der Waals surface area contributed by atoms with Crippen LogP contribution in [0.25, 0.3) is 0 Å². The first-order valence-electron chi connectivity index (χ1n) is 3.12. The van der Waals surface area contributed by atoms with Crippen LogP contribution in [0.2, 0.25) is 0 Å². The Morgan fingerprint density at radius 3 is 2.08 bits per heavy atom. The van der Waals surface area contributed by atoms with Crippen LogP contribution in [0.5, 0.6) is 0 Å². The van der Waals surface area contributed by atoms with Gasteiger partial charge < -0.3 is 12.4 Å². The Bertz CT molecular complexity index is 365. The number of hydrogen-bond acceptors (Lipinski definition) is 3. The molecule has 0 aliphatic rings. The maximum absolute atomic E-state index is 11.1. The van der Waals surface area contributed by atoms with Gasteiger partial charge in [-0.05, 0) is 24.3 Å². The van der Waals surface area contributed by atoms with Crippen molar-refractivity contribution in [2.24, 2.45) is 5.84 Å². The maximum Gasteiger partial charge on any atom is 0.341 e. The molecule has 0 aliphatic heterocycles. The highest BCUT2D eigenvalue weighted by atomic mass is 79.9. The molecule has 0 bridgehead atoms. The molecule has 1 aromatic carbocycles. The number of benzene rings is 1. The van der Waals surface area contributed by atoms with Crippen molar-refractivity contribution in [1.29, 1.82) is 0 Å². The van der Waals surface area contributed by atoms with E-state index in [4.69, 9.17) is 5.84 Å². The average molecular weight is 288 g/mol. The van der Waals surface area contributed by atoms with E-state index in [9.17, 15) is 8.42 Å². The number of sulfonamides is 1. The Labute approximate surface area is 91.1 Å². The fraction of sp³-hybridized carbons (Fsp3) is 0. The third-order valence-corrected chi connectivity index (χ3v) is 3.14. The molecule has 0 heterocycles. The van der Waals surface area contributed by atoms with Gasteiger partial charge in [-0.15, -0.1) is 0 Å². The van der Waals surface area contributed by atoms with Gasteiger partial charge in [-0.2, -0.15) is 19.1 Å². The molecule has 1 aromatic rings.